The predicted octanol–water partition coefficient (Wildman–Crippen LogP) is 3.12. The molecule has 0 saturated heterocycles. The van der Waals surface area contributed by atoms with Crippen molar-refractivity contribution in [2.45, 2.75) is 20.3 Å². The van der Waals surface area contributed by atoms with E-state index >= 15 is 0 Å². The number of amides is 2. The molecule has 0 aliphatic carbocycles. The van der Waals surface area contributed by atoms with E-state index in [0.717, 1.165) is 5.56 Å². The van der Waals surface area contributed by atoms with E-state index in [1.165, 1.54) is 0 Å². The van der Waals surface area contributed by atoms with Crippen molar-refractivity contribution in [3.8, 4) is 11.5 Å². The lowest BCUT2D eigenvalue weighted by Crippen LogP contribution is -2.30. The second-order valence-corrected chi connectivity index (χ2v) is 6.26. The van der Waals surface area contributed by atoms with Crippen molar-refractivity contribution in [1.82, 2.24) is 4.90 Å². The Morgan fingerprint density at radius 3 is 2.30 bits per heavy atom. The first-order valence-electron chi connectivity index (χ1n) is 9.18. The fourth-order valence-electron chi connectivity index (χ4n) is 2.98. The maximum Gasteiger partial charge on any atom is 0.253 e. The molecule has 0 aromatic heterocycles. The molecule has 2 aromatic rings. The average Bonchev–Trinajstić information content (AvgIpc) is 2.69. The fraction of sp³-hybridized carbons (Fsp3) is 0.333. The van der Waals surface area contributed by atoms with E-state index in [2.05, 4.69) is 5.32 Å². The van der Waals surface area contributed by atoms with E-state index in [0.29, 0.717) is 49.1 Å². The minimum absolute atomic E-state index is 0.00541. The van der Waals surface area contributed by atoms with Crippen LogP contribution in [0.5, 0.6) is 11.5 Å². The van der Waals surface area contributed by atoms with Crippen molar-refractivity contribution >= 4 is 17.5 Å². The number of fused-ring (bicyclic) bond motifs is 1. The Morgan fingerprint density at radius 1 is 0.963 bits per heavy atom. The number of anilines is 1. The van der Waals surface area contributed by atoms with Gasteiger partial charge in [0.15, 0.2) is 11.5 Å². The van der Waals surface area contributed by atoms with Crippen molar-refractivity contribution in [1.29, 1.82) is 0 Å². The first-order chi connectivity index (χ1) is 13.1. The predicted molar refractivity (Wildman–Crippen MR) is 103 cm³/mol. The van der Waals surface area contributed by atoms with Crippen LogP contribution in [0, 0.1) is 0 Å². The Kier molecular flexibility index (Phi) is 5.96. The van der Waals surface area contributed by atoms with Crippen molar-refractivity contribution in [2.75, 3.05) is 31.6 Å². The first kappa shape index (κ1) is 18.8. The van der Waals surface area contributed by atoms with Crippen LogP contribution < -0.4 is 14.8 Å². The van der Waals surface area contributed by atoms with Crippen molar-refractivity contribution in [3.05, 3.63) is 53.6 Å². The molecule has 3 rings (SSSR count). The van der Waals surface area contributed by atoms with Crippen LogP contribution in [0.15, 0.2) is 42.5 Å². The number of carbonyl (C=O) groups is 2. The van der Waals surface area contributed by atoms with E-state index in [1.807, 2.05) is 32.0 Å². The zero-order valence-corrected chi connectivity index (χ0v) is 15.7. The van der Waals surface area contributed by atoms with Crippen molar-refractivity contribution in [2.24, 2.45) is 0 Å². The highest BCUT2D eigenvalue weighted by molar-refractivity contribution is 5.96. The molecule has 0 atom stereocenters. The molecule has 142 valence electrons. The first-order valence-corrected chi connectivity index (χ1v) is 9.18. The molecule has 6 heteroatoms. The molecular weight excluding hydrogens is 344 g/mol. The molecule has 0 fully saturated rings. The van der Waals surface area contributed by atoms with Gasteiger partial charge in [0.05, 0.1) is 6.42 Å². The Labute approximate surface area is 159 Å². The van der Waals surface area contributed by atoms with Gasteiger partial charge in [0.2, 0.25) is 5.91 Å². The van der Waals surface area contributed by atoms with Crippen LogP contribution in [0.3, 0.4) is 0 Å². The quantitative estimate of drug-likeness (QED) is 0.851. The van der Waals surface area contributed by atoms with Gasteiger partial charge in [0.1, 0.15) is 13.2 Å². The summed E-state index contributed by atoms with van der Waals surface area (Å²) in [6.07, 6.45) is 0.233. The van der Waals surface area contributed by atoms with Crippen LogP contribution in [0.25, 0.3) is 0 Å². The van der Waals surface area contributed by atoms with Gasteiger partial charge in [-0.15, -0.1) is 0 Å². The Hall–Kier alpha value is -3.02. The average molecular weight is 368 g/mol. The number of ether oxygens (including phenoxy) is 2. The van der Waals surface area contributed by atoms with Gasteiger partial charge in [-0.3, -0.25) is 9.59 Å². The summed E-state index contributed by atoms with van der Waals surface area (Å²) >= 11 is 0. The summed E-state index contributed by atoms with van der Waals surface area (Å²) in [5.74, 6) is 1.24. The van der Waals surface area contributed by atoms with E-state index in [1.54, 1.807) is 29.2 Å². The molecule has 2 aromatic carbocycles. The Balaban J connectivity index is 1.60. The van der Waals surface area contributed by atoms with E-state index in [4.69, 9.17) is 9.47 Å². The van der Waals surface area contributed by atoms with Crippen molar-refractivity contribution in [3.63, 3.8) is 0 Å². The van der Waals surface area contributed by atoms with Crippen molar-refractivity contribution < 1.29 is 19.1 Å². The van der Waals surface area contributed by atoms with Crippen LogP contribution in [0.2, 0.25) is 0 Å². The van der Waals surface area contributed by atoms with Gasteiger partial charge >= 0.3 is 0 Å². The lowest BCUT2D eigenvalue weighted by atomic mass is 10.1. The van der Waals surface area contributed by atoms with Crippen LogP contribution >= 0.6 is 0 Å². The monoisotopic (exact) mass is 368 g/mol. The second-order valence-electron chi connectivity index (χ2n) is 6.26. The molecule has 6 nitrogen and oxygen atoms in total. The smallest absolute Gasteiger partial charge is 0.253 e. The summed E-state index contributed by atoms with van der Waals surface area (Å²) in [5, 5.41) is 2.86. The third-order valence-electron chi connectivity index (χ3n) is 4.44. The molecule has 0 spiro atoms. The summed E-state index contributed by atoms with van der Waals surface area (Å²) in [7, 11) is 0. The van der Waals surface area contributed by atoms with Gasteiger partial charge in [0, 0.05) is 24.3 Å². The van der Waals surface area contributed by atoms with Gasteiger partial charge in [0.25, 0.3) is 5.91 Å². The SMILES string of the molecule is CCN(CC)C(=O)c1ccc(NC(=O)Cc2ccc3c(c2)OCCO3)cc1. The lowest BCUT2D eigenvalue weighted by Gasteiger charge is -2.19. The number of nitrogens with one attached hydrogen (secondary N) is 1. The van der Waals surface area contributed by atoms with Crippen LogP contribution in [0.4, 0.5) is 5.69 Å². The topological polar surface area (TPSA) is 67.9 Å². The van der Waals surface area contributed by atoms with Gasteiger partial charge < -0.3 is 19.7 Å². The van der Waals surface area contributed by atoms with Gasteiger partial charge in [-0.25, -0.2) is 0 Å². The minimum atomic E-state index is -0.130. The van der Waals surface area contributed by atoms with Crippen LogP contribution in [0.1, 0.15) is 29.8 Å². The van der Waals surface area contributed by atoms with Crippen LogP contribution in [-0.2, 0) is 11.2 Å². The summed E-state index contributed by atoms with van der Waals surface area (Å²) in [6, 6.07) is 12.5. The summed E-state index contributed by atoms with van der Waals surface area (Å²) < 4.78 is 11.0. The molecule has 27 heavy (non-hydrogen) atoms. The number of hydrogen-bond acceptors (Lipinski definition) is 4. The molecule has 0 radical (unpaired) electrons. The Morgan fingerprint density at radius 2 is 1.63 bits per heavy atom. The molecule has 0 unspecified atom stereocenters. The summed E-state index contributed by atoms with van der Waals surface area (Å²) in [4.78, 5) is 26.4. The van der Waals surface area contributed by atoms with E-state index in [-0.39, 0.29) is 18.2 Å². The normalized spacial score (nSPS) is 12.4. The maximum atomic E-state index is 12.3. The molecule has 1 aliphatic heterocycles. The zero-order chi connectivity index (χ0) is 19.2. The third-order valence-corrected chi connectivity index (χ3v) is 4.44. The third kappa shape index (κ3) is 4.58. The minimum Gasteiger partial charge on any atom is -0.486 e. The molecule has 1 N–H and O–H groups in total. The molecule has 0 saturated carbocycles. The highest BCUT2D eigenvalue weighted by atomic mass is 16.6. The molecule has 1 heterocycles. The lowest BCUT2D eigenvalue weighted by molar-refractivity contribution is -0.115. The zero-order valence-electron chi connectivity index (χ0n) is 15.7. The van der Waals surface area contributed by atoms with Gasteiger partial charge in [-0.1, -0.05) is 6.07 Å². The summed E-state index contributed by atoms with van der Waals surface area (Å²) in [6.45, 7) is 6.30. The molecule has 2 amide bonds. The second kappa shape index (κ2) is 8.58. The highest BCUT2D eigenvalue weighted by Crippen LogP contribution is 2.30. The van der Waals surface area contributed by atoms with E-state index in [9.17, 15) is 9.59 Å². The molecular formula is C21H24N2O4. The maximum absolute atomic E-state index is 12.3. The van der Waals surface area contributed by atoms with E-state index < -0.39 is 0 Å². The number of nitrogens with zero attached hydrogens (tertiary/aromatic N) is 1. The molecule has 0 bridgehead atoms. The number of hydrogen-bond donors (Lipinski definition) is 1. The van der Waals surface area contributed by atoms with Gasteiger partial charge in [-0.05, 0) is 55.8 Å². The standard InChI is InChI=1S/C21H24N2O4/c1-3-23(4-2)21(25)16-6-8-17(9-7-16)22-20(24)14-15-5-10-18-19(13-15)27-12-11-26-18/h5-10,13H,3-4,11-12,14H2,1-2H3,(H,22,24). The highest BCUT2D eigenvalue weighted by Gasteiger charge is 2.14. The number of rotatable bonds is 6. The Bertz CT molecular complexity index is 813. The van der Waals surface area contributed by atoms with Gasteiger partial charge in [-0.2, -0.15) is 0 Å². The largest absolute Gasteiger partial charge is 0.486 e. The fourth-order valence-corrected chi connectivity index (χ4v) is 2.98. The number of carbonyl (C=O) groups excluding carboxylic acids is 2. The molecule has 1 aliphatic rings. The van der Waals surface area contributed by atoms with Crippen LogP contribution in [-0.4, -0.2) is 43.0 Å². The number of benzene rings is 2. The summed E-state index contributed by atoms with van der Waals surface area (Å²) in [5.41, 5.74) is 2.13.